The predicted octanol–water partition coefficient (Wildman–Crippen LogP) is 4.02. The zero-order valence-corrected chi connectivity index (χ0v) is 15.7. The molecule has 2 aromatic rings. The molecule has 27 heavy (non-hydrogen) atoms. The summed E-state index contributed by atoms with van der Waals surface area (Å²) in [5, 5.41) is 11.9. The predicted molar refractivity (Wildman–Crippen MR) is 106 cm³/mol. The van der Waals surface area contributed by atoms with Gasteiger partial charge in [0.25, 0.3) is 5.91 Å². The van der Waals surface area contributed by atoms with Crippen LogP contribution >= 0.6 is 0 Å². The maximum atomic E-state index is 12.6. The van der Waals surface area contributed by atoms with Crippen LogP contribution in [0.15, 0.2) is 12.1 Å². The Balaban J connectivity index is 1.77. The zero-order chi connectivity index (χ0) is 19.1. The summed E-state index contributed by atoms with van der Waals surface area (Å²) in [4.78, 5) is 27.1. The smallest absolute Gasteiger partial charge is 0.303 e. The van der Waals surface area contributed by atoms with E-state index in [-0.39, 0.29) is 12.3 Å². The van der Waals surface area contributed by atoms with E-state index in [4.69, 9.17) is 5.11 Å². The van der Waals surface area contributed by atoms with Crippen LogP contribution in [0.2, 0.25) is 0 Å². The van der Waals surface area contributed by atoms with Crippen molar-refractivity contribution in [1.82, 2.24) is 4.98 Å². The molecule has 2 heterocycles. The van der Waals surface area contributed by atoms with Gasteiger partial charge in [-0.3, -0.25) is 9.59 Å². The topological polar surface area (TPSA) is 82.2 Å². The Hall–Kier alpha value is -2.82. The fraction of sp³-hybridized carbons (Fsp3) is 0.364. The molecule has 0 spiro atoms. The van der Waals surface area contributed by atoms with Gasteiger partial charge in [0.2, 0.25) is 0 Å². The molecule has 2 aliphatic rings. The van der Waals surface area contributed by atoms with Crippen molar-refractivity contribution < 1.29 is 14.7 Å². The van der Waals surface area contributed by atoms with Crippen LogP contribution in [0.3, 0.4) is 0 Å². The number of fused-ring (bicyclic) bond motifs is 2. The normalized spacial score (nSPS) is 17.0. The summed E-state index contributed by atoms with van der Waals surface area (Å²) in [6.45, 7) is 4.09. The molecule has 4 rings (SSSR count). The van der Waals surface area contributed by atoms with Crippen LogP contribution < -0.4 is 5.32 Å². The van der Waals surface area contributed by atoms with Crippen LogP contribution in [-0.4, -0.2) is 22.0 Å². The Morgan fingerprint density at radius 3 is 2.70 bits per heavy atom. The first kappa shape index (κ1) is 17.6. The number of amides is 1. The number of aliphatic carboxylic acids is 1. The first-order valence-corrected chi connectivity index (χ1v) is 9.53. The first-order valence-electron chi connectivity index (χ1n) is 9.53. The molecule has 0 saturated carbocycles. The number of aromatic nitrogens is 1. The lowest BCUT2D eigenvalue weighted by molar-refractivity contribution is -0.137. The minimum absolute atomic E-state index is 0.0858. The van der Waals surface area contributed by atoms with Gasteiger partial charge in [-0.15, -0.1) is 0 Å². The molecule has 0 unspecified atom stereocenters. The van der Waals surface area contributed by atoms with Crippen LogP contribution in [0.4, 0.5) is 5.69 Å². The average molecular weight is 364 g/mol. The Bertz CT molecular complexity index is 982. The highest BCUT2D eigenvalue weighted by Gasteiger charge is 2.28. The molecular formula is C22H24N2O3. The monoisotopic (exact) mass is 364 g/mol. The maximum absolute atomic E-state index is 12.6. The molecule has 1 aliphatic heterocycles. The van der Waals surface area contributed by atoms with Crippen molar-refractivity contribution >= 4 is 29.2 Å². The van der Waals surface area contributed by atoms with Crippen LogP contribution in [0, 0.1) is 13.8 Å². The van der Waals surface area contributed by atoms with Gasteiger partial charge in [-0.2, -0.15) is 0 Å². The standard InChI is InChI=1S/C22H24N2O3/c1-12-14(8-10-20(25)26)7-9-18-21(12)16(22(27)24-18)11-19-13(2)15-5-3-4-6-17(15)23-19/h7,9,11,23H,3-6,8,10H2,1-2H3,(H,24,27)(H,25,26). The number of carboxylic acid groups (broad SMARTS) is 1. The number of aryl methyl sites for hydroxylation is 2. The van der Waals surface area contributed by atoms with Gasteiger partial charge in [0.1, 0.15) is 0 Å². The highest BCUT2D eigenvalue weighted by Crippen LogP contribution is 2.38. The van der Waals surface area contributed by atoms with Gasteiger partial charge >= 0.3 is 5.97 Å². The Labute approximate surface area is 158 Å². The minimum Gasteiger partial charge on any atom is -0.481 e. The van der Waals surface area contributed by atoms with Crippen molar-refractivity contribution in [3.63, 3.8) is 0 Å². The number of anilines is 1. The van der Waals surface area contributed by atoms with E-state index < -0.39 is 5.97 Å². The van der Waals surface area contributed by atoms with Gasteiger partial charge in [-0.1, -0.05) is 6.07 Å². The summed E-state index contributed by atoms with van der Waals surface area (Å²) < 4.78 is 0. The van der Waals surface area contributed by atoms with Crippen LogP contribution in [0.1, 0.15) is 58.5 Å². The largest absolute Gasteiger partial charge is 0.481 e. The number of hydrogen-bond donors (Lipinski definition) is 3. The van der Waals surface area contributed by atoms with E-state index >= 15 is 0 Å². The summed E-state index contributed by atoms with van der Waals surface area (Å²) in [7, 11) is 0. The van der Waals surface area contributed by atoms with Gasteiger partial charge < -0.3 is 15.4 Å². The van der Waals surface area contributed by atoms with Gasteiger partial charge in [0.05, 0.1) is 5.57 Å². The van der Waals surface area contributed by atoms with Crippen molar-refractivity contribution in [2.24, 2.45) is 0 Å². The summed E-state index contributed by atoms with van der Waals surface area (Å²) in [6.07, 6.45) is 7.11. The number of carboxylic acids is 1. The third-order valence-electron chi connectivity index (χ3n) is 5.85. The van der Waals surface area contributed by atoms with Crippen LogP contribution in [-0.2, 0) is 28.9 Å². The number of aromatic amines is 1. The third-order valence-corrected chi connectivity index (χ3v) is 5.85. The molecule has 5 nitrogen and oxygen atoms in total. The molecule has 0 atom stereocenters. The molecule has 1 aromatic carbocycles. The number of H-pyrrole nitrogens is 1. The highest BCUT2D eigenvalue weighted by molar-refractivity contribution is 6.35. The number of hydrogen-bond acceptors (Lipinski definition) is 2. The van der Waals surface area contributed by atoms with Crippen molar-refractivity contribution in [2.75, 3.05) is 5.32 Å². The van der Waals surface area contributed by atoms with Gasteiger partial charge in [0, 0.05) is 29.1 Å². The number of benzene rings is 1. The van der Waals surface area contributed by atoms with Gasteiger partial charge in [0.15, 0.2) is 0 Å². The second kappa shape index (κ2) is 6.72. The first-order chi connectivity index (χ1) is 13.0. The molecule has 5 heteroatoms. The molecule has 0 saturated heterocycles. The van der Waals surface area contributed by atoms with E-state index in [0.717, 1.165) is 40.9 Å². The van der Waals surface area contributed by atoms with Gasteiger partial charge in [-0.25, -0.2) is 0 Å². The lowest BCUT2D eigenvalue weighted by Gasteiger charge is -2.10. The second-order valence-electron chi connectivity index (χ2n) is 7.51. The van der Waals surface area contributed by atoms with Crippen LogP contribution in [0.25, 0.3) is 11.6 Å². The molecule has 0 radical (unpaired) electrons. The van der Waals surface area contributed by atoms with E-state index in [9.17, 15) is 9.59 Å². The molecule has 3 N–H and O–H groups in total. The van der Waals surface area contributed by atoms with E-state index in [2.05, 4.69) is 17.2 Å². The van der Waals surface area contributed by atoms with Crippen molar-refractivity contribution in [2.45, 2.75) is 52.4 Å². The Morgan fingerprint density at radius 2 is 1.96 bits per heavy atom. The molecule has 1 aliphatic carbocycles. The summed E-state index contributed by atoms with van der Waals surface area (Å²) in [6, 6.07) is 3.80. The van der Waals surface area contributed by atoms with E-state index in [1.165, 1.54) is 29.7 Å². The molecular weight excluding hydrogens is 340 g/mol. The molecule has 1 amide bonds. The number of nitrogens with one attached hydrogen (secondary N) is 2. The second-order valence-corrected chi connectivity index (χ2v) is 7.51. The number of rotatable bonds is 4. The van der Waals surface area contributed by atoms with Crippen molar-refractivity contribution in [1.29, 1.82) is 0 Å². The fourth-order valence-corrected chi connectivity index (χ4v) is 4.32. The highest BCUT2D eigenvalue weighted by atomic mass is 16.4. The van der Waals surface area contributed by atoms with E-state index in [1.807, 2.05) is 25.1 Å². The number of carbonyl (C=O) groups is 2. The molecule has 140 valence electrons. The third kappa shape index (κ3) is 3.07. The lowest BCUT2D eigenvalue weighted by Crippen LogP contribution is -2.03. The summed E-state index contributed by atoms with van der Waals surface area (Å²) in [5.74, 6) is -0.914. The van der Waals surface area contributed by atoms with Gasteiger partial charge in [-0.05, 0) is 80.3 Å². The van der Waals surface area contributed by atoms with E-state index in [1.54, 1.807) is 0 Å². The maximum Gasteiger partial charge on any atom is 0.303 e. The lowest BCUT2D eigenvalue weighted by atomic mass is 9.93. The molecule has 0 fully saturated rings. The Kier molecular flexibility index (Phi) is 4.38. The fourth-order valence-electron chi connectivity index (χ4n) is 4.32. The van der Waals surface area contributed by atoms with Crippen molar-refractivity contribution in [3.8, 4) is 0 Å². The Morgan fingerprint density at radius 1 is 1.19 bits per heavy atom. The summed E-state index contributed by atoms with van der Waals surface area (Å²) in [5.41, 5.74) is 9.25. The van der Waals surface area contributed by atoms with Crippen molar-refractivity contribution in [3.05, 3.63) is 51.3 Å². The summed E-state index contributed by atoms with van der Waals surface area (Å²) >= 11 is 0. The minimum atomic E-state index is -0.813. The SMILES string of the molecule is Cc1c(C=C2C(=O)Nc3ccc(CCC(=O)O)c(C)c32)[nH]c2c1CCCC2. The van der Waals surface area contributed by atoms with E-state index in [0.29, 0.717) is 12.0 Å². The molecule has 0 bridgehead atoms. The quantitative estimate of drug-likeness (QED) is 0.717. The van der Waals surface area contributed by atoms with Crippen LogP contribution in [0.5, 0.6) is 0 Å². The number of carbonyl (C=O) groups excluding carboxylic acids is 1. The molecule has 1 aromatic heterocycles. The average Bonchev–Trinajstić information content (AvgIpc) is 3.13. The zero-order valence-electron chi connectivity index (χ0n) is 15.7.